The number of hydrogen-bond acceptors (Lipinski definition) is 3. The van der Waals surface area contributed by atoms with Crippen molar-refractivity contribution in [2.75, 3.05) is 26.2 Å². The van der Waals surface area contributed by atoms with Crippen molar-refractivity contribution in [3.8, 4) is 0 Å². The summed E-state index contributed by atoms with van der Waals surface area (Å²) in [5.41, 5.74) is -0.636. The molecule has 1 N–H and O–H groups in total. The molecule has 24 heavy (non-hydrogen) atoms. The summed E-state index contributed by atoms with van der Waals surface area (Å²) in [7, 11) is 0. The standard InChI is InChI=1S/C17H23F3N2O2/c1-3-14-11-22(9-8-21(14)4-2)15(16(23)24)12-6-5-7-13(10-12)17(18,19)20/h5-7,10,14-15H,3-4,8-9,11H2,1-2H3,(H,23,24). The van der Waals surface area contributed by atoms with Gasteiger partial charge in [0.2, 0.25) is 0 Å². The molecule has 0 spiro atoms. The first-order chi connectivity index (χ1) is 11.3. The summed E-state index contributed by atoms with van der Waals surface area (Å²) >= 11 is 0. The fraction of sp³-hybridized carbons (Fsp3) is 0.588. The lowest BCUT2D eigenvalue weighted by atomic mass is 9.99. The fourth-order valence-corrected chi connectivity index (χ4v) is 3.35. The number of carbonyl (C=O) groups is 1. The first kappa shape index (κ1) is 18.7. The SMILES string of the molecule is CCC1CN(C(C(=O)O)c2cccc(C(F)(F)F)c2)CCN1CC. The van der Waals surface area contributed by atoms with E-state index in [1.807, 2.05) is 6.92 Å². The Bertz CT molecular complexity index is 577. The zero-order chi connectivity index (χ0) is 17.9. The molecular formula is C17H23F3N2O2. The van der Waals surface area contributed by atoms with Crippen LogP contribution in [0.3, 0.4) is 0 Å². The van der Waals surface area contributed by atoms with Crippen molar-refractivity contribution in [3.05, 3.63) is 35.4 Å². The van der Waals surface area contributed by atoms with Crippen LogP contribution >= 0.6 is 0 Å². The van der Waals surface area contributed by atoms with E-state index in [2.05, 4.69) is 11.8 Å². The van der Waals surface area contributed by atoms with Crippen LogP contribution in [-0.4, -0.2) is 53.1 Å². The van der Waals surface area contributed by atoms with Gasteiger partial charge in [0.1, 0.15) is 6.04 Å². The average molecular weight is 344 g/mol. The van der Waals surface area contributed by atoms with E-state index in [0.29, 0.717) is 13.1 Å². The predicted molar refractivity (Wildman–Crippen MR) is 84.7 cm³/mol. The largest absolute Gasteiger partial charge is 0.480 e. The van der Waals surface area contributed by atoms with Crippen molar-refractivity contribution in [1.82, 2.24) is 9.80 Å². The smallest absolute Gasteiger partial charge is 0.416 e. The van der Waals surface area contributed by atoms with Crippen molar-refractivity contribution in [3.63, 3.8) is 0 Å². The molecule has 4 nitrogen and oxygen atoms in total. The molecule has 2 unspecified atom stereocenters. The maximum Gasteiger partial charge on any atom is 0.416 e. The zero-order valence-corrected chi connectivity index (χ0v) is 13.9. The molecule has 0 radical (unpaired) electrons. The fourth-order valence-electron chi connectivity index (χ4n) is 3.35. The van der Waals surface area contributed by atoms with Crippen LogP contribution in [0.4, 0.5) is 13.2 Å². The Labute approximate surface area is 139 Å². The van der Waals surface area contributed by atoms with Crippen LogP contribution < -0.4 is 0 Å². The third-order valence-corrected chi connectivity index (χ3v) is 4.64. The predicted octanol–water partition coefficient (Wildman–Crippen LogP) is 3.25. The van der Waals surface area contributed by atoms with Crippen LogP contribution in [0, 0.1) is 0 Å². The molecule has 1 aliphatic heterocycles. The lowest BCUT2D eigenvalue weighted by Gasteiger charge is -2.43. The molecule has 0 bridgehead atoms. The summed E-state index contributed by atoms with van der Waals surface area (Å²) in [5.74, 6) is -1.12. The van der Waals surface area contributed by atoms with Crippen molar-refractivity contribution in [1.29, 1.82) is 0 Å². The van der Waals surface area contributed by atoms with Crippen molar-refractivity contribution >= 4 is 5.97 Å². The number of nitrogens with zero attached hydrogens (tertiary/aromatic N) is 2. The monoisotopic (exact) mass is 344 g/mol. The third-order valence-electron chi connectivity index (χ3n) is 4.64. The molecule has 2 atom stereocenters. The van der Waals surface area contributed by atoms with Gasteiger partial charge in [-0.3, -0.25) is 14.6 Å². The number of halogens is 3. The van der Waals surface area contributed by atoms with Gasteiger partial charge in [0.15, 0.2) is 0 Å². The van der Waals surface area contributed by atoms with Crippen molar-refractivity contribution < 1.29 is 23.1 Å². The van der Waals surface area contributed by atoms with E-state index in [9.17, 15) is 23.1 Å². The van der Waals surface area contributed by atoms with Crippen LogP contribution in [0.1, 0.15) is 37.4 Å². The van der Waals surface area contributed by atoms with Crippen LogP contribution in [-0.2, 0) is 11.0 Å². The number of hydrogen-bond donors (Lipinski definition) is 1. The minimum absolute atomic E-state index is 0.178. The molecule has 1 aromatic carbocycles. The lowest BCUT2D eigenvalue weighted by molar-refractivity contribution is -0.145. The lowest BCUT2D eigenvalue weighted by Crippen LogP contribution is -2.54. The Morgan fingerprint density at radius 3 is 2.58 bits per heavy atom. The summed E-state index contributed by atoms with van der Waals surface area (Å²) in [4.78, 5) is 15.8. The highest BCUT2D eigenvalue weighted by Crippen LogP contribution is 2.32. The molecule has 134 valence electrons. The number of piperazine rings is 1. The van der Waals surface area contributed by atoms with Gasteiger partial charge in [-0.25, -0.2) is 0 Å². The summed E-state index contributed by atoms with van der Waals surface area (Å²) in [6.45, 7) is 6.76. The third kappa shape index (κ3) is 4.08. The second-order valence-corrected chi connectivity index (χ2v) is 6.05. The van der Waals surface area contributed by atoms with Crippen LogP contribution in [0.25, 0.3) is 0 Å². The molecule has 1 heterocycles. The van der Waals surface area contributed by atoms with E-state index in [4.69, 9.17) is 0 Å². The topological polar surface area (TPSA) is 43.8 Å². The molecule has 1 saturated heterocycles. The minimum atomic E-state index is -4.48. The van der Waals surface area contributed by atoms with E-state index in [1.165, 1.54) is 12.1 Å². The Morgan fingerprint density at radius 2 is 2.04 bits per heavy atom. The van der Waals surface area contributed by atoms with E-state index in [1.54, 1.807) is 4.90 Å². The molecule has 0 aliphatic carbocycles. The second-order valence-electron chi connectivity index (χ2n) is 6.05. The first-order valence-corrected chi connectivity index (χ1v) is 8.16. The molecule has 0 amide bonds. The van der Waals surface area contributed by atoms with Crippen LogP contribution in [0.2, 0.25) is 0 Å². The van der Waals surface area contributed by atoms with E-state index >= 15 is 0 Å². The van der Waals surface area contributed by atoms with Gasteiger partial charge in [-0.05, 0) is 30.7 Å². The molecule has 1 aliphatic rings. The van der Waals surface area contributed by atoms with Crippen molar-refractivity contribution in [2.45, 2.75) is 38.5 Å². The number of likely N-dealkylation sites (N-methyl/N-ethyl adjacent to an activating group) is 1. The van der Waals surface area contributed by atoms with Gasteiger partial charge in [-0.15, -0.1) is 0 Å². The second kappa shape index (κ2) is 7.53. The first-order valence-electron chi connectivity index (χ1n) is 8.16. The Morgan fingerprint density at radius 1 is 1.33 bits per heavy atom. The highest BCUT2D eigenvalue weighted by molar-refractivity contribution is 5.75. The molecule has 0 saturated carbocycles. The highest BCUT2D eigenvalue weighted by atomic mass is 19.4. The van der Waals surface area contributed by atoms with Gasteiger partial charge in [-0.2, -0.15) is 13.2 Å². The molecule has 1 fully saturated rings. The molecule has 1 aromatic rings. The summed E-state index contributed by atoms with van der Waals surface area (Å²) in [5, 5.41) is 9.62. The number of benzene rings is 1. The average Bonchev–Trinajstić information content (AvgIpc) is 2.54. The molecule has 2 rings (SSSR count). The quantitative estimate of drug-likeness (QED) is 0.891. The van der Waals surface area contributed by atoms with Crippen LogP contribution in [0.15, 0.2) is 24.3 Å². The number of aliphatic carboxylic acids is 1. The zero-order valence-electron chi connectivity index (χ0n) is 13.9. The summed E-state index contributed by atoms with van der Waals surface area (Å²) in [6, 6.07) is 3.81. The normalized spacial score (nSPS) is 21.6. The van der Waals surface area contributed by atoms with E-state index in [0.717, 1.165) is 31.6 Å². The maximum atomic E-state index is 12.9. The highest BCUT2D eigenvalue weighted by Gasteiger charge is 2.36. The van der Waals surface area contributed by atoms with Gasteiger partial charge in [0, 0.05) is 25.7 Å². The Kier molecular flexibility index (Phi) is 5.87. The Balaban J connectivity index is 2.29. The van der Waals surface area contributed by atoms with Gasteiger partial charge in [0.25, 0.3) is 0 Å². The van der Waals surface area contributed by atoms with Gasteiger partial charge in [0.05, 0.1) is 5.56 Å². The molecule has 7 heteroatoms. The van der Waals surface area contributed by atoms with E-state index < -0.39 is 23.8 Å². The number of carboxylic acids is 1. The number of rotatable bonds is 5. The van der Waals surface area contributed by atoms with Gasteiger partial charge < -0.3 is 5.11 Å². The molecular weight excluding hydrogens is 321 g/mol. The molecule has 0 aromatic heterocycles. The van der Waals surface area contributed by atoms with Crippen molar-refractivity contribution in [2.24, 2.45) is 0 Å². The summed E-state index contributed by atoms with van der Waals surface area (Å²) in [6.07, 6.45) is -3.61. The number of alkyl halides is 3. The van der Waals surface area contributed by atoms with Gasteiger partial charge >= 0.3 is 12.1 Å². The van der Waals surface area contributed by atoms with Gasteiger partial charge in [-0.1, -0.05) is 26.0 Å². The Hall–Kier alpha value is -1.60. The minimum Gasteiger partial charge on any atom is -0.480 e. The number of carboxylic acid groups (broad SMARTS) is 1. The van der Waals surface area contributed by atoms with Crippen LogP contribution in [0.5, 0.6) is 0 Å². The maximum absolute atomic E-state index is 12.9. The summed E-state index contributed by atoms with van der Waals surface area (Å²) < 4.78 is 38.8. The van der Waals surface area contributed by atoms with E-state index in [-0.39, 0.29) is 11.6 Å².